The van der Waals surface area contributed by atoms with Gasteiger partial charge in [0.2, 0.25) is 5.95 Å². The summed E-state index contributed by atoms with van der Waals surface area (Å²) in [5.41, 5.74) is 3.62. The normalized spacial score (nSPS) is 18.4. The van der Waals surface area contributed by atoms with Crippen molar-refractivity contribution in [1.29, 1.82) is 5.26 Å². The number of fused-ring (bicyclic) bond motifs is 1. The molecule has 1 saturated heterocycles. The number of rotatable bonds is 13. The van der Waals surface area contributed by atoms with E-state index in [1.54, 1.807) is 17.2 Å². The van der Waals surface area contributed by atoms with Crippen molar-refractivity contribution in [2.45, 2.75) is 130 Å². The highest BCUT2D eigenvalue weighted by Crippen LogP contribution is 2.47. The molecule has 0 aliphatic carbocycles. The fraction of sp³-hybridized carbons (Fsp3) is 0.643. The van der Waals surface area contributed by atoms with Gasteiger partial charge >= 0.3 is 6.09 Å². The molecule has 1 N–H and O–H groups in total. The Morgan fingerprint density at radius 2 is 1.84 bits per heavy atom. The maximum absolute atomic E-state index is 13.7. The Morgan fingerprint density at radius 3 is 2.45 bits per heavy atom. The zero-order valence-corrected chi connectivity index (χ0v) is 36.3. The fourth-order valence-corrected chi connectivity index (χ4v) is 8.25. The molecule has 1 amide bonds. The van der Waals surface area contributed by atoms with Gasteiger partial charge in [0.25, 0.3) is 6.43 Å². The number of carbonyl (C=O) groups is 1. The standard InChI is InChI=1S/C42H62F2N8O3Si/c1-28(2)12-13-35-34(23-47-52(35)24-29-15-18-50(19-16-29)25-36(43)44)49-38-46-17-14-33(48-38)30-20-31(22-45)37-32(21-30)42(9,27-54-56(10,11)41(6,7)8)26-51(37)39(53)55-40(3,4)5/h14,17,20-21,23,28-29,36H,12-13,15-16,18-19,24-27H2,1-11H3,(H,46,48,49)/t42-/m1/s1. The van der Waals surface area contributed by atoms with Crippen molar-refractivity contribution in [2.75, 3.05) is 43.0 Å². The number of nitrogens with zero attached hydrogens (tertiary/aromatic N) is 7. The number of alkyl halides is 2. The molecule has 306 valence electrons. The first-order valence-corrected chi connectivity index (χ1v) is 22.9. The molecule has 0 bridgehead atoms. The van der Waals surface area contributed by atoms with E-state index in [2.05, 4.69) is 75.7 Å². The van der Waals surface area contributed by atoms with Gasteiger partial charge in [0, 0.05) is 36.9 Å². The highest BCUT2D eigenvalue weighted by molar-refractivity contribution is 6.74. The molecule has 0 unspecified atom stereocenters. The van der Waals surface area contributed by atoms with Gasteiger partial charge in [0.1, 0.15) is 11.7 Å². The van der Waals surface area contributed by atoms with Crippen LogP contribution in [0.3, 0.4) is 0 Å². The minimum atomic E-state index is -2.31. The predicted molar refractivity (Wildman–Crippen MR) is 220 cm³/mol. The maximum atomic E-state index is 13.7. The summed E-state index contributed by atoms with van der Waals surface area (Å²) in [5, 5.41) is 18.7. The quantitative estimate of drug-likeness (QED) is 0.169. The number of halogens is 2. The SMILES string of the molecule is CC(C)CCc1c(Nc2nccc(-c3cc(C#N)c4c(c3)[C@@](C)(CO[Si](C)(C)C(C)(C)C)CN4C(=O)OC(C)(C)C)n2)cnn1CC1CCN(CC(F)F)CC1. The second-order valence-corrected chi connectivity index (χ2v) is 23.7. The second-order valence-electron chi connectivity index (χ2n) is 18.9. The maximum Gasteiger partial charge on any atom is 0.414 e. The zero-order valence-electron chi connectivity index (χ0n) is 35.3. The Kier molecular flexibility index (Phi) is 13.0. The molecule has 4 heterocycles. The number of nitrogens with one attached hydrogen (secondary N) is 1. The topological polar surface area (TPSA) is 121 Å². The lowest BCUT2D eigenvalue weighted by molar-refractivity contribution is 0.0575. The molecule has 2 aliphatic heterocycles. The second kappa shape index (κ2) is 16.9. The van der Waals surface area contributed by atoms with Crippen LogP contribution in [0.2, 0.25) is 18.1 Å². The number of hydrogen-bond donors (Lipinski definition) is 1. The number of ether oxygens (including phenoxy) is 1. The van der Waals surface area contributed by atoms with Crippen LogP contribution >= 0.6 is 0 Å². The molecular weight excluding hydrogens is 731 g/mol. The van der Waals surface area contributed by atoms with Crippen molar-refractivity contribution >= 4 is 31.7 Å². The molecule has 3 aromatic rings. The summed E-state index contributed by atoms with van der Waals surface area (Å²) in [5.74, 6) is 1.24. The van der Waals surface area contributed by atoms with Gasteiger partial charge in [-0.3, -0.25) is 14.5 Å². The smallest absolute Gasteiger partial charge is 0.414 e. The first-order valence-electron chi connectivity index (χ1n) is 20.0. The molecule has 11 nitrogen and oxygen atoms in total. The number of piperidine rings is 1. The van der Waals surface area contributed by atoms with Crippen LogP contribution in [0, 0.1) is 23.2 Å². The van der Waals surface area contributed by atoms with Gasteiger partial charge in [-0.15, -0.1) is 0 Å². The average Bonchev–Trinajstić information content (AvgIpc) is 3.62. The molecule has 1 atom stereocenters. The van der Waals surface area contributed by atoms with E-state index >= 15 is 0 Å². The summed E-state index contributed by atoms with van der Waals surface area (Å²) in [6.07, 6.45) is 4.19. The number of likely N-dealkylation sites (tertiary alicyclic amines) is 1. The molecule has 1 aromatic carbocycles. The average molecular weight is 793 g/mol. The number of nitriles is 1. The Hall–Kier alpha value is -3.93. The van der Waals surface area contributed by atoms with Crippen molar-refractivity contribution in [1.82, 2.24) is 24.6 Å². The van der Waals surface area contributed by atoms with Crippen LogP contribution in [0.15, 0.2) is 30.6 Å². The third-order valence-electron chi connectivity index (χ3n) is 11.5. The minimum Gasteiger partial charge on any atom is -0.443 e. The molecule has 1 fully saturated rings. The largest absolute Gasteiger partial charge is 0.443 e. The zero-order chi connectivity index (χ0) is 41.2. The number of amides is 1. The lowest BCUT2D eigenvalue weighted by atomic mass is 9.83. The molecule has 56 heavy (non-hydrogen) atoms. The molecule has 0 radical (unpaired) electrons. The van der Waals surface area contributed by atoms with Crippen molar-refractivity contribution < 1.29 is 22.7 Å². The highest BCUT2D eigenvalue weighted by atomic mass is 28.4. The first-order chi connectivity index (χ1) is 26.1. The lowest BCUT2D eigenvalue weighted by Crippen LogP contribution is -2.46. The van der Waals surface area contributed by atoms with Gasteiger partial charge < -0.3 is 14.5 Å². The summed E-state index contributed by atoms with van der Waals surface area (Å²) in [7, 11) is -2.17. The molecule has 0 spiro atoms. The van der Waals surface area contributed by atoms with Crippen LogP contribution in [0.25, 0.3) is 11.3 Å². The third kappa shape index (κ3) is 10.3. The number of carbonyl (C=O) groups excluding carboxylic acids is 1. The van der Waals surface area contributed by atoms with E-state index in [0.29, 0.717) is 61.0 Å². The third-order valence-corrected chi connectivity index (χ3v) is 15.9. The van der Waals surface area contributed by atoms with Gasteiger partial charge in [0.05, 0.1) is 41.1 Å². The monoisotopic (exact) mass is 792 g/mol. The van der Waals surface area contributed by atoms with E-state index < -0.39 is 31.9 Å². The summed E-state index contributed by atoms with van der Waals surface area (Å²) >= 11 is 0. The van der Waals surface area contributed by atoms with Crippen molar-refractivity contribution in [3.63, 3.8) is 0 Å². The van der Waals surface area contributed by atoms with Crippen molar-refractivity contribution in [3.8, 4) is 17.3 Å². The first kappa shape index (κ1) is 43.2. The molecule has 2 aliphatic rings. The Morgan fingerprint density at radius 1 is 1.14 bits per heavy atom. The summed E-state index contributed by atoms with van der Waals surface area (Å²) in [6, 6.07) is 7.99. The fourth-order valence-electron chi connectivity index (χ4n) is 7.14. The van der Waals surface area contributed by atoms with Crippen LogP contribution in [0.1, 0.15) is 98.4 Å². The summed E-state index contributed by atoms with van der Waals surface area (Å²) in [4.78, 5) is 26.6. The Bertz CT molecular complexity index is 1890. The lowest BCUT2D eigenvalue weighted by Gasteiger charge is -2.39. The molecule has 2 aromatic heterocycles. The van der Waals surface area contributed by atoms with Gasteiger partial charge in [-0.25, -0.2) is 23.5 Å². The molecule has 0 saturated carbocycles. The van der Waals surface area contributed by atoms with Crippen LogP contribution in [0.4, 0.5) is 30.9 Å². The van der Waals surface area contributed by atoms with E-state index in [1.807, 2.05) is 44.0 Å². The van der Waals surface area contributed by atoms with Crippen molar-refractivity contribution in [2.24, 2.45) is 11.8 Å². The van der Waals surface area contributed by atoms with Crippen LogP contribution in [0.5, 0.6) is 0 Å². The van der Waals surface area contributed by atoms with Crippen molar-refractivity contribution in [3.05, 3.63) is 47.4 Å². The molecule has 14 heteroatoms. The van der Waals surface area contributed by atoms with E-state index in [0.717, 1.165) is 54.7 Å². The minimum absolute atomic E-state index is 0.0129. The number of aromatic nitrogens is 4. The van der Waals surface area contributed by atoms with Crippen LogP contribution in [-0.4, -0.2) is 83.9 Å². The Balaban J connectivity index is 1.46. The van der Waals surface area contributed by atoms with Crippen LogP contribution in [-0.2, 0) is 27.5 Å². The van der Waals surface area contributed by atoms with E-state index in [4.69, 9.17) is 19.2 Å². The predicted octanol–water partition coefficient (Wildman–Crippen LogP) is 9.56. The highest BCUT2D eigenvalue weighted by Gasteiger charge is 2.47. The van der Waals surface area contributed by atoms with Crippen LogP contribution < -0.4 is 10.2 Å². The van der Waals surface area contributed by atoms with Gasteiger partial charge in [0.15, 0.2) is 8.32 Å². The van der Waals surface area contributed by atoms with Gasteiger partial charge in [-0.1, -0.05) is 41.5 Å². The van der Waals surface area contributed by atoms with E-state index in [-0.39, 0.29) is 11.6 Å². The molecule has 5 rings (SSSR count). The van der Waals surface area contributed by atoms with Gasteiger partial charge in [-0.05, 0) is 113 Å². The van der Waals surface area contributed by atoms with Gasteiger partial charge in [-0.2, -0.15) is 10.4 Å². The Labute approximate surface area is 333 Å². The molecular formula is C42H62F2N8O3Si. The summed E-state index contributed by atoms with van der Waals surface area (Å²) in [6.45, 7) is 25.6. The number of hydrogen-bond acceptors (Lipinski definition) is 9. The van der Waals surface area contributed by atoms with E-state index in [9.17, 15) is 18.8 Å². The summed E-state index contributed by atoms with van der Waals surface area (Å²) < 4.78 is 40.6. The van der Waals surface area contributed by atoms with E-state index in [1.165, 1.54) is 0 Å². The number of anilines is 3. The number of benzene rings is 1.